The molecule has 0 radical (unpaired) electrons. The molecule has 1 aliphatic carbocycles. The molecule has 0 spiro atoms. The Kier molecular flexibility index (Phi) is 8.94. The van der Waals surface area contributed by atoms with E-state index in [9.17, 15) is 9.59 Å². The molecular weight excluding hydrogens is 482 g/mol. The Morgan fingerprint density at radius 1 is 0.974 bits per heavy atom. The summed E-state index contributed by atoms with van der Waals surface area (Å²) >= 11 is 0. The summed E-state index contributed by atoms with van der Waals surface area (Å²) in [4.78, 5) is 30.3. The normalized spacial score (nSPS) is 12.6. The van der Waals surface area contributed by atoms with Gasteiger partial charge in [0.05, 0.1) is 20.8 Å². The summed E-state index contributed by atoms with van der Waals surface area (Å²) in [7, 11) is 3.21. The monoisotopic (exact) mass is 519 g/mol. The molecule has 0 saturated heterocycles. The minimum Gasteiger partial charge on any atom is -0.493 e. The molecule has 0 atom stereocenters. The molecule has 1 N–H and O–H groups in total. The van der Waals surface area contributed by atoms with Crippen molar-refractivity contribution in [2.45, 2.75) is 39.7 Å². The van der Waals surface area contributed by atoms with Gasteiger partial charge < -0.3 is 29.0 Å². The highest BCUT2D eigenvalue weighted by molar-refractivity contribution is 5.93. The molecular formula is C30H37N3O5. The van der Waals surface area contributed by atoms with Gasteiger partial charge in [-0.25, -0.2) is 4.79 Å². The molecule has 0 bridgehead atoms. The summed E-state index contributed by atoms with van der Waals surface area (Å²) in [5, 5.41) is 2.99. The van der Waals surface area contributed by atoms with E-state index in [1.807, 2.05) is 68.4 Å². The van der Waals surface area contributed by atoms with Crippen LogP contribution in [-0.2, 0) is 17.8 Å². The predicted octanol–water partition coefficient (Wildman–Crippen LogP) is 5.43. The highest BCUT2D eigenvalue weighted by Gasteiger charge is 2.29. The lowest BCUT2D eigenvalue weighted by atomic mass is 10.1. The third-order valence-electron chi connectivity index (χ3n) is 6.79. The zero-order chi connectivity index (χ0) is 27.1. The van der Waals surface area contributed by atoms with E-state index in [1.54, 1.807) is 24.0 Å². The summed E-state index contributed by atoms with van der Waals surface area (Å²) in [6.07, 6.45) is 2.78. The predicted molar refractivity (Wildman–Crippen MR) is 147 cm³/mol. The van der Waals surface area contributed by atoms with Crippen molar-refractivity contribution in [2.75, 3.05) is 39.2 Å². The minimum atomic E-state index is -0.256. The van der Waals surface area contributed by atoms with Crippen LogP contribution in [0.5, 0.6) is 11.5 Å². The molecule has 3 aromatic rings. The van der Waals surface area contributed by atoms with Crippen LogP contribution in [0.2, 0.25) is 0 Å². The molecule has 1 heterocycles. The molecule has 0 unspecified atom stereocenters. The number of anilines is 1. The number of rotatable bonds is 12. The van der Waals surface area contributed by atoms with Gasteiger partial charge in [-0.05, 0) is 80.5 Å². The Labute approximate surface area is 224 Å². The molecule has 8 nitrogen and oxygen atoms in total. The second-order valence-corrected chi connectivity index (χ2v) is 9.84. The van der Waals surface area contributed by atoms with Crippen molar-refractivity contribution in [2.24, 2.45) is 5.92 Å². The summed E-state index contributed by atoms with van der Waals surface area (Å²) < 4.78 is 16.6. The van der Waals surface area contributed by atoms with Crippen LogP contribution in [0.25, 0.3) is 0 Å². The molecule has 2 aromatic carbocycles. The van der Waals surface area contributed by atoms with E-state index in [2.05, 4.69) is 5.32 Å². The fourth-order valence-electron chi connectivity index (χ4n) is 4.35. The molecule has 3 amide bonds. The van der Waals surface area contributed by atoms with Gasteiger partial charge in [0.1, 0.15) is 18.1 Å². The number of nitrogens with zero attached hydrogens (tertiary/aromatic N) is 2. The first kappa shape index (κ1) is 27.1. The Morgan fingerprint density at radius 3 is 2.39 bits per heavy atom. The summed E-state index contributed by atoms with van der Waals surface area (Å²) in [6, 6.07) is 16.9. The third kappa shape index (κ3) is 7.31. The number of hydrogen-bond acceptors (Lipinski definition) is 5. The number of furan rings is 1. The average molecular weight is 520 g/mol. The molecule has 1 saturated carbocycles. The second kappa shape index (κ2) is 12.5. The number of ether oxygens (including phenoxy) is 2. The van der Waals surface area contributed by atoms with Crippen molar-refractivity contribution in [3.63, 3.8) is 0 Å². The second-order valence-electron chi connectivity index (χ2n) is 9.84. The quantitative estimate of drug-likeness (QED) is 0.345. The van der Waals surface area contributed by atoms with Crippen molar-refractivity contribution >= 4 is 17.6 Å². The SMILES string of the molecule is COc1ccc(CCN(Cc2ccc(C)o2)C(=O)CN(CC2CC2)C(=O)Nc2ccccc2C)cc1OC. The highest BCUT2D eigenvalue weighted by atomic mass is 16.5. The first-order valence-corrected chi connectivity index (χ1v) is 13.0. The van der Waals surface area contributed by atoms with E-state index in [-0.39, 0.29) is 18.5 Å². The van der Waals surface area contributed by atoms with Crippen molar-refractivity contribution in [3.05, 3.63) is 77.2 Å². The first-order valence-electron chi connectivity index (χ1n) is 13.0. The Balaban J connectivity index is 1.48. The van der Waals surface area contributed by atoms with E-state index in [0.29, 0.717) is 49.2 Å². The van der Waals surface area contributed by atoms with Crippen molar-refractivity contribution in [3.8, 4) is 11.5 Å². The van der Waals surface area contributed by atoms with Crippen LogP contribution in [0.4, 0.5) is 10.5 Å². The largest absolute Gasteiger partial charge is 0.493 e. The molecule has 0 aliphatic heterocycles. The van der Waals surface area contributed by atoms with Gasteiger partial charge in [0.25, 0.3) is 0 Å². The molecule has 8 heteroatoms. The topological polar surface area (TPSA) is 84.2 Å². The van der Waals surface area contributed by atoms with Crippen LogP contribution in [-0.4, -0.2) is 55.6 Å². The molecule has 1 fully saturated rings. The van der Waals surface area contributed by atoms with Crippen LogP contribution < -0.4 is 14.8 Å². The number of benzene rings is 2. The number of urea groups is 1. The maximum atomic E-state index is 13.7. The molecule has 4 rings (SSSR count). The Bertz CT molecular complexity index is 1250. The van der Waals surface area contributed by atoms with E-state index in [1.165, 1.54) is 0 Å². The van der Waals surface area contributed by atoms with E-state index in [4.69, 9.17) is 13.9 Å². The zero-order valence-electron chi connectivity index (χ0n) is 22.7. The maximum absolute atomic E-state index is 13.7. The van der Waals surface area contributed by atoms with Crippen molar-refractivity contribution in [1.29, 1.82) is 0 Å². The van der Waals surface area contributed by atoms with Crippen LogP contribution in [0.15, 0.2) is 59.0 Å². The van der Waals surface area contributed by atoms with Gasteiger partial charge in [0.2, 0.25) is 5.91 Å². The standard InChI is InChI=1S/C30H37N3O5/c1-21-7-5-6-8-26(21)31-30(35)33(18-24-10-11-24)20-29(34)32(19-25-13-9-22(2)38-25)16-15-23-12-14-27(36-3)28(17-23)37-4/h5-9,12-14,17,24H,10-11,15-16,18-20H2,1-4H3,(H,31,35). The summed E-state index contributed by atoms with van der Waals surface area (Å²) in [5.74, 6) is 3.12. The minimum absolute atomic E-state index is 0.000160. The summed E-state index contributed by atoms with van der Waals surface area (Å²) in [5.41, 5.74) is 2.74. The number of aryl methyl sites for hydroxylation is 2. The Hall–Kier alpha value is -3.94. The molecule has 1 aliphatic rings. The fraction of sp³-hybridized carbons (Fsp3) is 0.400. The maximum Gasteiger partial charge on any atom is 0.322 e. The van der Waals surface area contributed by atoms with Crippen LogP contribution in [0.1, 0.15) is 35.5 Å². The number of nitrogens with one attached hydrogen (secondary N) is 1. The van der Waals surface area contributed by atoms with E-state index >= 15 is 0 Å². The van der Waals surface area contributed by atoms with Crippen LogP contribution in [0.3, 0.4) is 0 Å². The lowest BCUT2D eigenvalue weighted by Crippen LogP contribution is -2.45. The fourth-order valence-corrected chi connectivity index (χ4v) is 4.35. The number of para-hydroxylation sites is 1. The van der Waals surface area contributed by atoms with Gasteiger partial charge in [0, 0.05) is 18.8 Å². The Morgan fingerprint density at radius 2 is 1.74 bits per heavy atom. The molecule has 1 aromatic heterocycles. The zero-order valence-corrected chi connectivity index (χ0v) is 22.7. The highest BCUT2D eigenvalue weighted by Crippen LogP contribution is 2.30. The number of hydrogen-bond donors (Lipinski definition) is 1. The van der Waals surface area contributed by atoms with Crippen molar-refractivity contribution in [1.82, 2.24) is 9.80 Å². The number of carbonyl (C=O) groups excluding carboxylic acids is 2. The lowest BCUT2D eigenvalue weighted by Gasteiger charge is -2.28. The molecule has 202 valence electrons. The first-order chi connectivity index (χ1) is 18.4. The van der Waals surface area contributed by atoms with E-state index in [0.717, 1.165) is 35.4 Å². The average Bonchev–Trinajstić information content (AvgIpc) is 3.64. The smallest absolute Gasteiger partial charge is 0.322 e. The van der Waals surface area contributed by atoms with Crippen LogP contribution >= 0.6 is 0 Å². The molecule has 38 heavy (non-hydrogen) atoms. The van der Waals surface area contributed by atoms with Gasteiger partial charge in [-0.1, -0.05) is 24.3 Å². The number of carbonyl (C=O) groups is 2. The number of amides is 3. The summed E-state index contributed by atoms with van der Waals surface area (Å²) in [6.45, 7) is 5.19. The van der Waals surface area contributed by atoms with Gasteiger partial charge in [0.15, 0.2) is 11.5 Å². The number of methoxy groups -OCH3 is 2. The van der Waals surface area contributed by atoms with Crippen molar-refractivity contribution < 1.29 is 23.5 Å². The van der Waals surface area contributed by atoms with E-state index < -0.39 is 0 Å². The van der Waals surface area contributed by atoms with Crippen LogP contribution in [0, 0.1) is 19.8 Å². The van der Waals surface area contributed by atoms with Gasteiger partial charge in [-0.3, -0.25) is 4.79 Å². The van der Waals surface area contributed by atoms with Gasteiger partial charge >= 0.3 is 6.03 Å². The van der Waals surface area contributed by atoms with Gasteiger partial charge in [-0.15, -0.1) is 0 Å². The lowest BCUT2D eigenvalue weighted by molar-refractivity contribution is -0.132. The third-order valence-corrected chi connectivity index (χ3v) is 6.79. The van der Waals surface area contributed by atoms with Gasteiger partial charge in [-0.2, -0.15) is 0 Å².